The molecule has 0 spiro atoms. The van der Waals surface area contributed by atoms with Crippen molar-refractivity contribution in [2.75, 3.05) is 18.4 Å². The van der Waals surface area contributed by atoms with Crippen LogP contribution in [0, 0.1) is 29.1 Å². The van der Waals surface area contributed by atoms with Crippen molar-refractivity contribution in [3.63, 3.8) is 0 Å². The van der Waals surface area contributed by atoms with Crippen LogP contribution in [0.4, 0.5) is 23.5 Å². The summed E-state index contributed by atoms with van der Waals surface area (Å²) in [7, 11) is 0. The van der Waals surface area contributed by atoms with Gasteiger partial charge in [0.1, 0.15) is 0 Å². The van der Waals surface area contributed by atoms with Gasteiger partial charge in [-0.05, 0) is 50.7 Å². The van der Waals surface area contributed by atoms with Gasteiger partial charge < -0.3 is 15.0 Å². The molecule has 7 nitrogen and oxygen atoms in total. The number of hydrogen-bond donors (Lipinski definition) is 1. The van der Waals surface area contributed by atoms with E-state index in [1.807, 2.05) is 13.8 Å². The lowest BCUT2D eigenvalue weighted by Crippen LogP contribution is -2.46. The number of likely N-dealkylation sites (tertiary alicyclic amines) is 1. The number of nitrogens with one attached hydrogen (secondary N) is 1. The average Bonchev–Trinajstić information content (AvgIpc) is 3.19. The van der Waals surface area contributed by atoms with Crippen molar-refractivity contribution in [2.24, 2.45) is 11.8 Å². The normalized spacial score (nSPS) is 23.2. The van der Waals surface area contributed by atoms with E-state index in [0.29, 0.717) is 19.2 Å². The Labute approximate surface area is 176 Å². The largest absolute Gasteiger partial charge is 0.421 e. The van der Waals surface area contributed by atoms with Crippen molar-refractivity contribution < 1.29 is 22.3 Å². The van der Waals surface area contributed by atoms with Crippen molar-refractivity contribution in [2.45, 2.75) is 44.9 Å². The first-order valence-corrected chi connectivity index (χ1v) is 10.1. The van der Waals surface area contributed by atoms with Crippen molar-refractivity contribution in [1.82, 2.24) is 19.7 Å². The minimum Gasteiger partial charge on any atom is -0.421 e. The van der Waals surface area contributed by atoms with E-state index in [1.165, 1.54) is 4.68 Å². The summed E-state index contributed by atoms with van der Waals surface area (Å²) in [6, 6.07) is 2.63. The van der Waals surface area contributed by atoms with Crippen LogP contribution in [0.1, 0.15) is 38.3 Å². The number of benzene rings is 1. The maximum Gasteiger partial charge on any atom is 0.419 e. The third-order valence-electron chi connectivity index (χ3n) is 5.83. The molecular weight excluding hydrogens is 416 g/mol. The second kappa shape index (κ2) is 7.90. The molecule has 31 heavy (non-hydrogen) atoms. The summed E-state index contributed by atoms with van der Waals surface area (Å²) >= 11 is 0. The smallest absolute Gasteiger partial charge is 0.419 e. The molecule has 4 rings (SSSR count). The number of alkyl halides is 3. The number of anilines is 1. The van der Waals surface area contributed by atoms with E-state index in [-0.39, 0.29) is 35.9 Å². The van der Waals surface area contributed by atoms with Gasteiger partial charge in [0.05, 0.1) is 11.6 Å². The van der Waals surface area contributed by atoms with Gasteiger partial charge in [0.15, 0.2) is 17.8 Å². The zero-order valence-corrected chi connectivity index (χ0v) is 17.0. The SMILES string of the molecule is CC(C)n1nc(NC2[C@@H]3CC[C@H]2CN(C#N)C3)nc1Oc1cccc(C(F)(F)F)c1F. The Morgan fingerprint density at radius 1 is 1.23 bits per heavy atom. The van der Waals surface area contributed by atoms with E-state index in [9.17, 15) is 22.8 Å². The first-order valence-electron chi connectivity index (χ1n) is 10.1. The summed E-state index contributed by atoms with van der Waals surface area (Å²) in [6.07, 6.45) is -0.654. The molecular formula is C20H22F4N6O. The van der Waals surface area contributed by atoms with Gasteiger partial charge in [-0.25, -0.2) is 9.07 Å². The predicted molar refractivity (Wildman–Crippen MR) is 103 cm³/mol. The molecule has 1 saturated heterocycles. The highest BCUT2D eigenvalue weighted by atomic mass is 19.4. The highest BCUT2D eigenvalue weighted by Gasteiger charge is 2.42. The number of halogens is 4. The minimum atomic E-state index is -4.83. The molecule has 2 heterocycles. The fraction of sp³-hybridized carbons (Fsp3) is 0.550. The minimum absolute atomic E-state index is 0.0887. The Hall–Kier alpha value is -3.03. The van der Waals surface area contributed by atoms with Crippen molar-refractivity contribution in [1.29, 1.82) is 5.26 Å². The predicted octanol–water partition coefficient (Wildman–Crippen LogP) is 4.41. The average molecular weight is 438 g/mol. The lowest BCUT2D eigenvalue weighted by Gasteiger charge is -2.35. The first-order chi connectivity index (χ1) is 14.7. The maximum atomic E-state index is 14.4. The summed E-state index contributed by atoms with van der Waals surface area (Å²) in [4.78, 5) is 6.04. The molecule has 0 radical (unpaired) electrons. The number of ether oxygens (including phenoxy) is 1. The lowest BCUT2D eigenvalue weighted by atomic mass is 9.92. The second-order valence-electron chi connectivity index (χ2n) is 8.25. The Balaban J connectivity index is 1.58. The molecule has 2 bridgehead atoms. The molecule has 1 aromatic heterocycles. The number of hydrogen-bond acceptors (Lipinski definition) is 6. The summed E-state index contributed by atoms with van der Waals surface area (Å²) in [5, 5.41) is 16.9. The zero-order chi connectivity index (χ0) is 22.3. The van der Waals surface area contributed by atoms with Crippen LogP contribution < -0.4 is 10.1 Å². The van der Waals surface area contributed by atoms with Crippen LogP contribution in [0.2, 0.25) is 0 Å². The number of rotatable bonds is 5. The number of piperidine rings is 1. The fourth-order valence-electron chi connectivity index (χ4n) is 4.37. The highest BCUT2D eigenvalue weighted by molar-refractivity contribution is 5.36. The lowest BCUT2D eigenvalue weighted by molar-refractivity contribution is -0.140. The van der Waals surface area contributed by atoms with Crippen LogP contribution >= 0.6 is 0 Å². The van der Waals surface area contributed by atoms with Crippen LogP contribution in [-0.4, -0.2) is 38.8 Å². The van der Waals surface area contributed by atoms with E-state index >= 15 is 0 Å². The van der Waals surface area contributed by atoms with Crippen LogP contribution in [0.5, 0.6) is 11.8 Å². The number of nitriles is 1. The third kappa shape index (κ3) is 4.11. The van der Waals surface area contributed by atoms with Crippen LogP contribution in [0.25, 0.3) is 0 Å². The number of nitrogens with zero attached hydrogens (tertiary/aromatic N) is 5. The van der Waals surface area contributed by atoms with E-state index in [4.69, 9.17) is 4.74 Å². The molecule has 2 fully saturated rings. The summed E-state index contributed by atoms with van der Waals surface area (Å²) in [5.74, 6) is -1.25. The Morgan fingerprint density at radius 3 is 2.48 bits per heavy atom. The van der Waals surface area contributed by atoms with Gasteiger partial charge in [-0.1, -0.05) is 6.07 Å². The van der Waals surface area contributed by atoms with Crippen molar-refractivity contribution in [3.8, 4) is 18.0 Å². The molecule has 1 N–H and O–H groups in total. The van der Waals surface area contributed by atoms with E-state index < -0.39 is 23.3 Å². The summed E-state index contributed by atoms with van der Waals surface area (Å²) in [6.45, 7) is 4.94. The summed E-state index contributed by atoms with van der Waals surface area (Å²) < 4.78 is 60.3. The van der Waals surface area contributed by atoms with E-state index in [2.05, 4.69) is 21.6 Å². The third-order valence-corrected chi connectivity index (χ3v) is 5.83. The Kier molecular flexibility index (Phi) is 5.41. The van der Waals surface area contributed by atoms with Crippen LogP contribution in [0.15, 0.2) is 18.2 Å². The molecule has 1 aliphatic heterocycles. The molecule has 0 amide bonds. The molecule has 1 unspecified atom stereocenters. The molecule has 1 aliphatic carbocycles. The standard InChI is InChI=1S/C20H22F4N6O/c1-11(2)30-19(31-15-5-3-4-14(16(15)21)20(22,23)24)27-18(28-30)26-17-12-6-7-13(17)9-29(8-12)10-25/h3-5,11-13,17H,6-9H2,1-2H3,(H,26,28)/t12-,13+,17?. The van der Waals surface area contributed by atoms with Gasteiger partial charge in [-0.3, -0.25) is 0 Å². The highest BCUT2D eigenvalue weighted by Crippen LogP contribution is 2.39. The van der Waals surface area contributed by atoms with Crippen LogP contribution in [-0.2, 0) is 6.18 Å². The molecule has 1 saturated carbocycles. The molecule has 2 aromatic rings. The topological polar surface area (TPSA) is 79.0 Å². The Bertz CT molecular complexity index is 985. The zero-order valence-electron chi connectivity index (χ0n) is 17.0. The quantitative estimate of drug-likeness (QED) is 0.550. The van der Waals surface area contributed by atoms with Crippen molar-refractivity contribution >= 4 is 5.95 Å². The monoisotopic (exact) mass is 438 g/mol. The van der Waals surface area contributed by atoms with E-state index in [0.717, 1.165) is 25.0 Å². The van der Waals surface area contributed by atoms with Gasteiger partial charge >= 0.3 is 12.2 Å². The molecule has 11 heteroatoms. The molecule has 2 aliphatic rings. The number of fused-ring (bicyclic) bond motifs is 2. The van der Waals surface area contributed by atoms with Crippen molar-refractivity contribution in [3.05, 3.63) is 29.6 Å². The van der Waals surface area contributed by atoms with Gasteiger partial charge in [0.2, 0.25) is 5.95 Å². The Morgan fingerprint density at radius 2 is 1.90 bits per heavy atom. The van der Waals surface area contributed by atoms with E-state index in [1.54, 1.807) is 4.90 Å². The second-order valence-corrected chi connectivity index (χ2v) is 8.25. The molecule has 166 valence electrons. The summed E-state index contributed by atoms with van der Waals surface area (Å²) in [5.41, 5.74) is -1.40. The molecule has 1 aromatic carbocycles. The maximum absolute atomic E-state index is 14.4. The van der Waals surface area contributed by atoms with Crippen LogP contribution in [0.3, 0.4) is 0 Å². The van der Waals surface area contributed by atoms with Gasteiger partial charge in [0.25, 0.3) is 0 Å². The number of aromatic nitrogens is 3. The van der Waals surface area contributed by atoms with Gasteiger partial charge in [-0.15, -0.1) is 5.10 Å². The van der Waals surface area contributed by atoms with Gasteiger partial charge in [-0.2, -0.15) is 23.4 Å². The molecule has 3 atom stereocenters. The fourth-order valence-corrected chi connectivity index (χ4v) is 4.37. The first kappa shape index (κ1) is 21.2. The van der Waals surface area contributed by atoms with Gasteiger partial charge in [0, 0.05) is 19.1 Å².